The molecule has 0 aliphatic heterocycles. The van der Waals surface area contributed by atoms with Crippen molar-refractivity contribution in [2.45, 2.75) is 39.5 Å². The summed E-state index contributed by atoms with van der Waals surface area (Å²) in [5, 5.41) is 3.03. The van der Waals surface area contributed by atoms with Crippen LogP contribution in [0.2, 0.25) is 0 Å². The zero-order chi connectivity index (χ0) is 10.6. The largest absolute Gasteiger partial charge is 0.446 e. The molecule has 1 aromatic heterocycles. The first-order chi connectivity index (χ1) is 6.53. The minimum Gasteiger partial charge on any atom is -0.446 e. The van der Waals surface area contributed by atoms with Crippen molar-refractivity contribution >= 4 is 0 Å². The Balaban J connectivity index is 2.53. The number of ether oxygens (including phenoxy) is 1. The van der Waals surface area contributed by atoms with Gasteiger partial charge in [-0.2, -0.15) is 0 Å². The van der Waals surface area contributed by atoms with Gasteiger partial charge in [0, 0.05) is 6.54 Å². The van der Waals surface area contributed by atoms with Gasteiger partial charge in [0.1, 0.15) is 6.61 Å². The first-order valence-corrected chi connectivity index (χ1v) is 4.73. The van der Waals surface area contributed by atoms with Crippen molar-refractivity contribution < 1.29 is 9.15 Å². The lowest BCUT2D eigenvalue weighted by Crippen LogP contribution is -2.19. The molecule has 0 saturated heterocycles. The van der Waals surface area contributed by atoms with Crippen molar-refractivity contribution in [1.82, 2.24) is 10.3 Å². The van der Waals surface area contributed by atoms with Crippen molar-refractivity contribution in [3.8, 4) is 0 Å². The molecule has 4 heteroatoms. The minimum atomic E-state index is -0.149. The zero-order valence-corrected chi connectivity index (χ0v) is 9.26. The third-order valence-electron chi connectivity index (χ3n) is 1.71. The molecule has 0 saturated carbocycles. The Kier molecular flexibility index (Phi) is 3.66. The molecule has 0 fully saturated rings. The summed E-state index contributed by atoms with van der Waals surface area (Å²) < 4.78 is 10.8. The number of rotatable bonds is 4. The summed E-state index contributed by atoms with van der Waals surface area (Å²) >= 11 is 0. The molecular weight excluding hydrogens is 180 g/mol. The molecule has 0 aliphatic rings. The van der Waals surface area contributed by atoms with Gasteiger partial charge >= 0.3 is 0 Å². The van der Waals surface area contributed by atoms with E-state index < -0.39 is 0 Å². The SMILES string of the molecule is CNCc1ncoc1COC(C)(C)C. The smallest absolute Gasteiger partial charge is 0.181 e. The van der Waals surface area contributed by atoms with Crippen LogP contribution in [0.25, 0.3) is 0 Å². The third-order valence-corrected chi connectivity index (χ3v) is 1.71. The fraction of sp³-hybridized carbons (Fsp3) is 0.700. The molecular formula is C10H18N2O2. The van der Waals surface area contributed by atoms with E-state index in [1.165, 1.54) is 6.39 Å². The second kappa shape index (κ2) is 4.57. The highest BCUT2D eigenvalue weighted by atomic mass is 16.5. The average molecular weight is 198 g/mol. The molecule has 1 heterocycles. The molecule has 0 unspecified atom stereocenters. The molecule has 0 atom stereocenters. The van der Waals surface area contributed by atoms with Gasteiger partial charge in [0.05, 0.1) is 11.3 Å². The van der Waals surface area contributed by atoms with E-state index in [-0.39, 0.29) is 5.60 Å². The number of oxazole rings is 1. The van der Waals surface area contributed by atoms with E-state index in [0.717, 1.165) is 11.5 Å². The Morgan fingerprint density at radius 2 is 2.21 bits per heavy atom. The molecule has 1 N–H and O–H groups in total. The van der Waals surface area contributed by atoms with Gasteiger partial charge in [0.15, 0.2) is 12.2 Å². The molecule has 0 spiro atoms. The van der Waals surface area contributed by atoms with Gasteiger partial charge in [-0.15, -0.1) is 0 Å². The van der Waals surface area contributed by atoms with Crippen molar-refractivity contribution in [3.05, 3.63) is 17.8 Å². The van der Waals surface area contributed by atoms with E-state index in [9.17, 15) is 0 Å². The number of nitrogens with one attached hydrogen (secondary N) is 1. The lowest BCUT2D eigenvalue weighted by Gasteiger charge is -2.18. The van der Waals surface area contributed by atoms with Crippen LogP contribution in [0.1, 0.15) is 32.2 Å². The molecule has 0 aliphatic carbocycles. The summed E-state index contributed by atoms with van der Waals surface area (Å²) in [6.45, 7) is 7.23. The number of nitrogens with zero attached hydrogens (tertiary/aromatic N) is 1. The molecule has 80 valence electrons. The first-order valence-electron chi connectivity index (χ1n) is 4.73. The van der Waals surface area contributed by atoms with E-state index in [4.69, 9.17) is 9.15 Å². The van der Waals surface area contributed by atoms with Gasteiger partial charge in [-0.3, -0.25) is 0 Å². The van der Waals surface area contributed by atoms with Crippen LogP contribution in [0.3, 0.4) is 0 Å². The van der Waals surface area contributed by atoms with Gasteiger partial charge in [-0.25, -0.2) is 4.98 Å². The van der Waals surface area contributed by atoms with Crippen LogP contribution in [-0.2, 0) is 17.9 Å². The fourth-order valence-corrected chi connectivity index (χ4v) is 1.00. The van der Waals surface area contributed by atoms with Gasteiger partial charge in [0.2, 0.25) is 0 Å². The molecule has 0 radical (unpaired) electrons. The maximum atomic E-state index is 5.60. The van der Waals surface area contributed by atoms with E-state index in [1.54, 1.807) is 0 Å². The van der Waals surface area contributed by atoms with Gasteiger partial charge < -0.3 is 14.5 Å². The maximum Gasteiger partial charge on any atom is 0.181 e. The summed E-state index contributed by atoms with van der Waals surface area (Å²) in [4.78, 5) is 4.10. The van der Waals surface area contributed by atoms with Crippen LogP contribution in [0.5, 0.6) is 0 Å². The third kappa shape index (κ3) is 3.47. The van der Waals surface area contributed by atoms with Crippen molar-refractivity contribution in [3.63, 3.8) is 0 Å². The maximum absolute atomic E-state index is 5.60. The summed E-state index contributed by atoms with van der Waals surface area (Å²) in [6, 6.07) is 0. The summed E-state index contributed by atoms with van der Waals surface area (Å²) in [5.41, 5.74) is 0.765. The highest BCUT2D eigenvalue weighted by Crippen LogP contribution is 2.14. The first kappa shape index (κ1) is 11.2. The summed E-state index contributed by atoms with van der Waals surface area (Å²) in [6.07, 6.45) is 1.45. The van der Waals surface area contributed by atoms with E-state index >= 15 is 0 Å². The van der Waals surface area contributed by atoms with Crippen LogP contribution in [0.4, 0.5) is 0 Å². The van der Waals surface area contributed by atoms with Crippen LogP contribution in [0.15, 0.2) is 10.8 Å². The summed E-state index contributed by atoms with van der Waals surface area (Å²) in [7, 11) is 1.88. The highest BCUT2D eigenvalue weighted by Gasteiger charge is 2.14. The van der Waals surface area contributed by atoms with Crippen molar-refractivity contribution in [2.24, 2.45) is 0 Å². The molecule has 4 nitrogen and oxygen atoms in total. The van der Waals surface area contributed by atoms with E-state index in [2.05, 4.69) is 10.3 Å². The second-order valence-electron chi connectivity index (χ2n) is 4.15. The Morgan fingerprint density at radius 3 is 2.79 bits per heavy atom. The fourth-order valence-electron chi connectivity index (χ4n) is 1.00. The van der Waals surface area contributed by atoms with Crippen LogP contribution in [-0.4, -0.2) is 17.6 Å². The Morgan fingerprint density at radius 1 is 1.50 bits per heavy atom. The van der Waals surface area contributed by atoms with Crippen molar-refractivity contribution in [2.75, 3.05) is 7.05 Å². The quantitative estimate of drug-likeness (QED) is 0.800. The Hall–Kier alpha value is -0.870. The molecule has 1 aromatic rings. The molecule has 0 amide bonds. The topological polar surface area (TPSA) is 47.3 Å². The van der Waals surface area contributed by atoms with Gasteiger partial charge in [-0.1, -0.05) is 0 Å². The predicted molar refractivity (Wildman–Crippen MR) is 53.8 cm³/mol. The lowest BCUT2D eigenvalue weighted by atomic mass is 10.2. The van der Waals surface area contributed by atoms with Crippen LogP contribution >= 0.6 is 0 Å². The Labute approximate surface area is 84.7 Å². The number of hydrogen-bond acceptors (Lipinski definition) is 4. The molecule has 14 heavy (non-hydrogen) atoms. The standard InChI is InChI=1S/C10H18N2O2/c1-10(2,3)14-6-9-8(5-11-4)12-7-13-9/h7,11H,5-6H2,1-4H3. The number of aromatic nitrogens is 1. The van der Waals surface area contributed by atoms with E-state index in [0.29, 0.717) is 13.2 Å². The molecule has 1 rings (SSSR count). The van der Waals surface area contributed by atoms with Gasteiger partial charge in [0.25, 0.3) is 0 Å². The predicted octanol–water partition coefficient (Wildman–Crippen LogP) is 1.71. The average Bonchev–Trinajstić information content (AvgIpc) is 2.48. The van der Waals surface area contributed by atoms with Gasteiger partial charge in [-0.05, 0) is 27.8 Å². The summed E-state index contributed by atoms with van der Waals surface area (Å²) in [5.74, 6) is 0.800. The molecule has 0 aromatic carbocycles. The van der Waals surface area contributed by atoms with Crippen LogP contribution in [0, 0.1) is 0 Å². The van der Waals surface area contributed by atoms with Crippen molar-refractivity contribution in [1.29, 1.82) is 0 Å². The minimum absolute atomic E-state index is 0.149. The normalized spacial score (nSPS) is 12.0. The molecule has 0 bridgehead atoms. The Bertz CT molecular complexity index is 276. The monoisotopic (exact) mass is 198 g/mol. The highest BCUT2D eigenvalue weighted by molar-refractivity contribution is 5.05. The second-order valence-corrected chi connectivity index (χ2v) is 4.15. The van der Waals surface area contributed by atoms with Crippen LogP contribution < -0.4 is 5.32 Å². The zero-order valence-electron chi connectivity index (χ0n) is 9.26. The number of hydrogen-bond donors (Lipinski definition) is 1. The lowest BCUT2D eigenvalue weighted by molar-refractivity contribution is -0.0228. The van der Waals surface area contributed by atoms with E-state index in [1.807, 2.05) is 27.8 Å².